The van der Waals surface area contributed by atoms with Crippen LogP contribution in [0.2, 0.25) is 0 Å². The van der Waals surface area contributed by atoms with Crippen molar-refractivity contribution in [1.82, 2.24) is 4.90 Å². The van der Waals surface area contributed by atoms with Crippen molar-refractivity contribution in [3.8, 4) is 0 Å². The van der Waals surface area contributed by atoms with Gasteiger partial charge in [0.1, 0.15) is 0 Å². The van der Waals surface area contributed by atoms with Crippen LogP contribution in [0.5, 0.6) is 0 Å². The van der Waals surface area contributed by atoms with Gasteiger partial charge in [-0.15, -0.1) is 0 Å². The number of carbonyl (C=O) groups is 1. The Morgan fingerprint density at radius 2 is 2.38 bits per heavy atom. The van der Waals surface area contributed by atoms with Crippen molar-refractivity contribution >= 4 is 17.3 Å². The van der Waals surface area contributed by atoms with Crippen molar-refractivity contribution in [3.63, 3.8) is 0 Å². The summed E-state index contributed by atoms with van der Waals surface area (Å²) in [6.45, 7) is 1.16. The third kappa shape index (κ3) is 3.47. The SMILES string of the molecule is CN(CC1CCCO1)C(=O)c1cc([N+](=O)[O-])ccc1NN. The van der Waals surface area contributed by atoms with Crippen LogP contribution in [0, 0.1) is 10.1 Å². The van der Waals surface area contributed by atoms with E-state index >= 15 is 0 Å². The minimum absolute atomic E-state index is 0.0203. The third-order valence-electron chi connectivity index (χ3n) is 3.45. The maximum Gasteiger partial charge on any atom is 0.270 e. The maximum atomic E-state index is 12.4. The van der Waals surface area contributed by atoms with Crippen LogP contribution in [0.4, 0.5) is 11.4 Å². The number of ether oxygens (including phenoxy) is 1. The molecule has 0 saturated carbocycles. The minimum atomic E-state index is -0.544. The summed E-state index contributed by atoms with van der Waals surface area (Å²) in [5, 5.41) is 10.8. The molecule has 1 unspecified atom stereocenters. The van der Waals surface area contributed by atoms with Gasteiger partial charge in [-0.05, 0) is 18.9 Å². The molecule has 1 aromatic rings. The zero-order valence-corrected chi connectivity index (χ0v) is 11.7. The van der Waals surface area contributed by atoms with E-state index in [1.807, 2.05) is 0 Å². The van der Waals surface area contributed by atoms with Gasteiger partial charge in [-0.2, -0.15) is 0 Å². The number of non-ortho nitro benzene ring substituents is 1. The molecule has 0 radical (unpaired) electrons. The summed E-state index contributed by atoms with van der Waals surface area (Å²) >= 11 is 0. The zero-order chi connectivity index (χ0) is 15.4. The van der Waals surface area contributed by atoms with Crippen LogP contribution in [0.3, 0.4) is 0 Å². The number of likely N-dealkylation sites (N-methyl/N-ethyl adjacent to an activating group) is 1. The van der Waals surface area contributed by atoms with Crippen LogP contribution in [0.1, 0.15) is 23.2 Å². The first-order chi connectivity index (χ1) is 10.0. The average Bonchev–Trinajstić information content (AvgIpc) is 2.98. The molecule has 2 rings (SSSR count). The minimum Gasteiger partial charge on any atom is -0.376 e. The monoisotopic (exact) mass is 294 g/mol. The summed E-state index contributed by atoms with van der Waals surface area (Å²) in [7, 11) is 1.64. The standard InChI is InChI=1S/C13H18N4O4/c1-16(8-10-3-2-6-21-10)13(18)11-7-9(17(19)20)4-5-12(11)15-14/h4-5,7,10,15H,2-3,6,8,14H2,1H3. The molecular formula is C13H18N4O4. The van der Waals surface area contributed by atoms with Gasteiger partial charge < -0.3 is 15.1 Å². The largest absolute Gasteiger partial charge is 0.376 e. The van der Waals surface area contributed by atoms with Crippen molar-refractivity contribution in [2.75, 3.05) is 25.6 Å². The first-order valence-electron chi connectivity index (χ1n) is 6.65. The molecule has 114 valence electrons. The van der Waals surface area contributed by atoms with Gasteiger partial charge in [0, 0.05) is 32.3 Å². The number of anilines is 1. The van der Waals surface area contributed by atoms with E-state index in [0.29, 0.717) is 18.8 Å². The van der Waals surface area contributed by atoms with Crippen LogP contribution >= 0.6 is 0 Å². The highest BCUT2D eigenvalue weighted by atomic mass is 16.6. The Kier molecular flexibility index (Phi) is 4.71. The van der Waals surface area contributed by atoms with E-state index < -0.39 is 4.92 Å². The lowest BCUT2D eigenvalue weighted by Gasteiger charge is -2.21. The van der Waals surface area contributed by atoms with E-state index in [1.54, 1.807) is 7.05 Å². The second kappa shape index (κ2) is 6.51. The molecule has 0 spiro atoms. The number of hydrogen-bond donors (Lipinski definition) is 2. The van der Waals surface area contributed by atoms with Gasteiger partial charge in [0.15, 0.2) is 0 Å². The number of carbonyl (C=O) groups excluding carboxylic acids is 1. The number of nitro groups is 1. The van der Waals surface area contributed by atoms with Crippen molar-refractivity contribution < 1.29 is 14.5 Å². The van der Waals surface area contributed by atoms with Crippen molar-refractivity contribution in [2.45, 2.75) is 18.9 Å². The smallest absolute Gasteiger partial charge is 0.270 e. The number of rotatable bonds is 5. The van der Waals surface area contributed by atoms with Crippen molar-refractivity contribution in [2.24, 2.45) is 5.84 Å². The van der Waals surface area contributed by atoms with Gasteiger partial charge in [-0.25, -0.2) is 0 Å². The molecule has 1 amide bonds. The predicted octanol–water partition coefficient (Wildman–Crippen LogP) is 1.13. The molecule has 3 N–H and O–H groups in total. The van der Waals surface area contributed by atoms with Crippen LogP contribution < -0.4 is 11.3 Å². The van der Waals surface area contributed by atoms with E-state index in [2.05, 4.69) is 5.43 Å². The fraction of sp³-hybridized carbons (Fsp3) is 0.462. The van der Waals surface area contributed by atoms with Crippen molar-refractivity contribution in [3.05, 3.63) is 33.9 Å². The zero-order valence-electron chi connectivity index (χ0n) is 11.7. The Hall–Kier alpha value is -2.19. The van der Waals surface area contributed by atoms with E-state index in [-0.39, 0.29) is 23.3 Å². The number of nitro benzene ring substituents is 1. The van der Waals surface area contributed by atoms with Gasteiger partial charge in [-0.3, -0.25) is 20.8 Å². The van der Waals surface area contributed by atoms with Crippen LogP contribution in [0.15, 0.2) is 18.2 Å². The Morgan fingerprint density at radius 3 is 2.95 bits per heavy atom. The Bertz CT molecular complexity index is 543. The lowest BCUT2D eigenvalue weighted by molar-refractivity contribution is -0.384. The average molecular weight is 294 g/mol. The molecule has 21 heavy (non-hydrogen) atoms. The summed E-state index contributed by atoms with van der Waals surface area (Å²) in [6, 6.07) is 3.95. The van der Waals surface area contributed by atoms with E-state index in [0.717, 1.165) is 12.8 Å². The van der Waals surface area contributed by atoms with Gasteiger partial charge in [0.05, 0.1) is 22.3 Å². The molecule has 1 aromatic carbocycles. The number of hydrogen-bond acceptors (Lipinski definition) is 6. The molecule has 1 heterocycles. The van der Waals surface area contributed by atoms with Gasteiger partial charge >= 0.3 is 0 Å². The summed E-state index contributed by atoms with van der Waals surface area (Å²) < 4.78 is 5.49. The molecule has 1 saturated heterocycles. The Morgan fingerprint density at radius 1 is 1.62 bits per heavy atom. The van der Waals surface area contributed by atoms with Crippen LogP contribution in [-0.2, 0) is 4.74 Å². The summed E-state index contributed by atoms with van der Waals surface area (Å²) in [5.74, 6) is 5.03. The van der Waals surface area contributed by atoms with E-state index in [1.165, 1.54) is 23.1 Å². The maximum absolute atomic E-state index is 12.4. The number of hydrazine groups is 1. The summed E-state index contributed by atoms with van der Waals surface area (Å²) in [4.78, 5) is 24.2. The van der Waals surface area contributed by atoms with Crippen LogP contribution in [-0.4, -0.2) is 42.0 Å². The molecule has 8 heteroatoms. The van der Waals surface area contributed by atoms with Crippen LogP contribution in [0.25, 0.3) is 0 Å². The summed E-state index contributed by atoms with van der Waals surface area (Å²) in [6.07, 6.45) is 1.92. The Balaban J connectivity index is 2.19. The first kappa shape index (κ1) is 15.2. The number of nitrogens with two attached hydrogens (primary N) is 1. The molecule has 0 aliphatic carbocycles. The molecule has 1 fully saturated rings. The molecular weight excluding hydrogens is 276 g/mol. The normalized spacial score (nSPS) is 17.5. The number of nitrogens with one attached hydrogen (secondary N) is 1. The van der Waals surface area contributed by atoms with Gasteiger partial charge in [0.2, 0.25) is 0 Å². The second-order valence-electron chi connectivity index (χ2n) is 4.95. The van der Waals surface area contributed by atoms with Crippen molar-refractivity contribution in [1.29, 1.82) is 0 Å². The highest BCUT2D eigenvalue weighted by Crippen LogP contribution is 2.23. The number of amides is 1. The molecule has 1 atom stereocenters. The summed E-state index contributed by atoms with van der Waals surface area (Å²) in [5.41, 5.74) is 2.76. The lowest BCUT2D eigenvalue weighted by atomic mass is 10.1. The molecule has 1 aliphatic rings. The molecule has 1 aliphatic heterocycles. The van der Waals surface area contributed by atoms with E-state index in [4.69, 9.17) is 10.6 Å². The number of nitrogens with zero attached hydrogens (tertiary/aromatic N) is 2. The topological polar surface area (TPSA) is 111 Å². The van der Waals surface area contributed by atoms with E-state index in [9.17, 15) is 14.9 Å². The van der Waals surface area contributed by atoms with Gasteiger partial charge in [0.25, 0.3) is 11.6 Å². The molecule has 0 bridgehead atoms. The third-order valence-corrected chi connectivity index (χ3v) is 3.45. The highest BCUT2D eigenvalue weighted by molar-refractivity contribution is 6.00. The van der Waals surface area contributed by atoms with Gasteiger partial charge in [-0.1, -0.05) is 0 Å². The fourth-order valence-electron chi connectivity index (χ4n) is 2.33. The highest BCUT2D eigenvalue weighted by Gasteiger charge is 2.23. The first-order valence-corrected chi connectivity index (χ1v) is 6.65. The lowest BCUT2D eigenvalue weighted by Crippen LogP contribution is -2.34. The predicted molar refractivity (Wildman–Crippen MR) is 76.8 cm³/mol. The Labute approximate surface area is 122 Å². The number of nitrogen functional groups attached to an aromatic ring is 1. The fourth-order valence-corrected chi connectivity index (χ4v) is 2.33. The molecule has 8 nitrogen and oxygen atoms in total. The quantitative estimate of drug-likeness (QED) is 0.478. The number of benzene rings is 1. The molecule has 0 aromatic heterocycles. The second-order valence-corrected chi connectivity index (χ2v) is 4.95.